The second-order valence-corrected chi connectivity index (χ2v) is 4.28. The Kier molecular flexibility index (Phi) is 4.16. The summed E-state index contributed by atoms with van der Waals surface area (Å²) in [6, 6.07) is 0.313. The van der Waals surface area contributed by atoms with Crippen molar-refractivity contribution in [1.82, 2.24) is 4.90 Å². The molecule has 0 amide bonds. The zero-order chi connectivity index (χ0) is 9.84. The number of morpholine rings is 1. The van der Waals surface area contributed by atoms with E-state index in [1.165, 1.54) is 0 Å². The predicted octanol–water partition coefficient (Wildman–Crippen LogP) is 0.833. The lowest BCUT2D eigenvalue weighted by Gasteiger charge is -2.35. The molecule has 0 aromatic carbocycles. The molecule has 78 valence electrons. The van der Waals surface area contributed by atoms with Gasteiger partial charge in [0, 0.05) is 19.1 Å². The van der Waals surface area contributed by atoms with Crippen LogP contribution in [0.25, 0.3) is 0 Å². The van der Waals surface area contributed by atoms with Crippen molar-refractivity contribution in [1.29, 1.82) is 0 Å². The zero-order valence-corrected chi connectivity index (χ0v) is 8.99. The average molecular weight is 186 g/mol. The lowest BCUT2D eigenvalue weighted by molar-refractivity contribution is -0.0683. The van der Waals surface area contributed by atoms with Gasteiger partial charge in [0.1, 0.15) is 0 Å². The van der Waals surface area contributed by atoms with E-state index in [1.807, 2.05) is 0 Å². The Bertz CT molecular complexity index is 140. The number of nitrogens with two attached hydrogens (primary N) is 1. The van der Waals surface area contributed by atoms with E-state index in [1.54, 1.807) is 0 Å². The van der Waals surface area contributed by atoms with E-state index >= 15 is 0 Å². The minimum Gasteiger partial charge on any atom is -0.373 e. The molecule has 13 heavy (non-hydrogen) atoms. The highest BCUT2D eigenvalue weighted by molar-refractivity contribution is 4.73. The number of hydrogen-bond donors (Lipinski definition) is 1. The third-order valence-electron chi connectivity index (χ3n) is 2.40. The van der Waals surface area contributed by atoms with Gasteiger partial charge >= 0.3 is 0 Å². The molecule has 1 saturated heterocycles. The largest absolute Gasteiger partial charge is 0.373 e. The highest BCUT2D eigenvalue weighted by atomic mass is 16.5. The molecule has 0 radical (unpaired) electrons. The molecule has 1 heterocycles. The Hall–Kier alpha value is -0.120. The molecule has 0 aromatic heterocycles. The fourth-order valence-electron chi connectivity index (χ4n) is 1.85. The molecule has 0 aliphatic carbocycles. The van der Waals surface area contributed by atoms with Crippen LogP contribution in [0.3, 0.4) is 0 Å². The van der Waals surface area contributed by atoms with E-state index in [0.29, 0.717) is 18.2 Å². The van der Waals surface area contributed by atoms with E-state index in [4.69, 9.17) is 10.5 Å². The topological polar surface area (TPSA) is 38.5 Å². The van der Waals surface area contributed by atoms with Crippen LogP contribution in [0.5, 0.6) is 0 Å². The third kappa shape index (κ3) is 4.07. The SMILES string of the molecule is C[C@@H]1CN(CC[C@@H](C)N)C[C@H](C)O1. The minimum absolute atomic E-state index is 0.313. The summed E-state index contributed by atoms with van der Waals surface area (Å²) in [6.07, 6.45) is 1.83. The van der Waals surface area contributed by atoms with Gasteiger partial charge in [-0.3, -0.25) is 4.90 Å². The van der Waals surface area contributed by atoms with Gasteiger partial charge in [0.05, 0.1) is 12.2 Å². The first-order valence-electron chi connectivity index (χ1n) is 5.21. The summed E-state index contributed by atoms with van der Waals surface area (Å²) in [5, 5.41) is 0. The fraction of sp³-hybridized carbons (Fsp3) is 1.00. The summed E-state index contributed by atoms with van der Waals surface area (Å²) in [5.74, 6) is 0. The van der Waals surface area contributed by atoms with Crippen molar-refractivity contribution in [2.75, 3.05) is 19.6 Å². The molecule has 1 rings (SSSR count). The molecule has 0 unspecified atom stereocenters. The quantitative estimate of drug-likeness (QED) is 0.709. The summed E-state index contributed by atoms with van der Waals surface area (Å²) in [4.78, 5) is 2.45. The van der Waals surface area contributed by atoms with Gasteiger partial charge in [0.25, 0.3) is 0 Å². The van der Waals surface area contributed by atoms with Crippen LogP contribution in [0.1, 0.15) is 27.2 Å². The molecule has 2 N–H and O–H groups in total. The summed E-state index contributed by atoms with van der Waals surface area (Å²) in [5.41, 5.74) is 5.72. The van der Waals surface area contributed by atoms with Crippen molar-refractivity contribution in [3.8, 4) is 0 Å². The highest BCUT2D eigenvalue weighted by Crippen LogP contribution is 2.10. The zero-order valence-electron chi connectivity index (χ0n) is 8.99. The second-order valence-electron chi connectivity index (χ2n) is 4.28. The summed E-state index contributed by atoms with van der Waals surface area (Å²) in [7, 11) is 0. The van der Waals surface area contributed by atoms with Crippen LogP contribution in [-0.2, 0) is 4.74 Å². The maximum absolute atomic E-state index is 5.72. The fourth-order valence-corrected chi connectivity index (χ4v) is 1.85. The predicted molar refractivity (Wildman–Crippen MR) is 54.7 cm³/mol. The monoisotopic (exact) mass is 186 g/mol. The lowest BCUT2D eigenvalue weighted by Crippen LogP contribution is -2.46. The van der Waals surface area contributed by atoms with Crippen molar-refractivity contribution < 1.29 is 4.74 Å². The van der Waals surface area contributed by atoms with Crippen LogP contribution in [0.15, 0.2) is 0 Å². The Morgan fingerprint density at radius 2 is 1.92 bits per heavy atom. The number of hydrogen-bond acceptors (Lipinski definition) is 3. The lowest BCUT2D eigenvalue weighted by atomic mass is 10.2. The first kappa shape index (κ1) is 11.0. The van der Waals surface area contributed by atoms with Crippen LogP contribution >= 0.6 is 0 Å². The van der Waals surface area contributed by atoms with Crippen molar-refractivity contribution in [2.45, 2.75) is 45.4 Å². The first-order chi connectivity index (χ1) is 6.08. The van der Waals surface area contributed by atoms with Gasteiger partial charge in [-0.1, -0.05) is 0 Å². The maximum Gasteiger partial charge on any atom is 0.0678 e. The van der Waals surface area contributed by atoms with E-state index in [2.05, 4.69) is 25.7 Å². The molecule has 1 aliphatic heterocycles. The molecular formula is C10H22N2O. The number of ether oxygens (including phenoxy) is 1. The van der Waals surface area contributed by atoms with Crippen LogP contribution in [0, 0.1) is 0 Å². The van der Waals surface area contributed by atoms with Crippen molar-refractivity contribution in [2.24, 2.45) is 5.73 Å². The molecule has 1 fully saturated rings. The molecule has 3 atom stereocenters. The Balaban J connectivity index is 2.25. The Labute approximate surface area is 81.2 Å². The van der Waals surface area contributed by atoms with E-state index in [9.17, 15) is 0 Å². The molecule has 0 aromatic rings. The normalized spacial score (nSPS) is 33.2. The molecule has 3 nitrogen and oxygen atoms in total. The standard InChI is InChI=1S/C10H22N2O/c1-8(11)4-5-12-6-9(2)13-10(3)7-12/h8-10H,4-7,11H2,1-3H3/t8-,9-,10+/m1/s1. The summed E-state index contributed by atoms with van der Waals surface area (Å²) in [6.45, 7) is 9.54. The second kappa shape index (κ2) is 4.94. The smallest absolute Gasteiger partial charge is 0.0678 e. The maximum atomic E-state index is 5.72. The van der Waals surface area contributed by atoms with Crippen LogP contribution in [0.2, 0.25) is 0 Å². The van der Waals surface area contributed by atoms with Gasteiger partial charge in [-0.25, -0.2) is 0 Å². The molecule has 0 saturated carbocycles. The van der Waals surface area contributed by atoms with E-state index < -0.39 is 0 Å². The van der Waals surface area contributed by atoms with E-state index in [0.717, 1.165) is 26.1 Å². The van der Waals surface area contributed by atoms with Gasteiger partial charge in [-0.15, -0.1) is 0 Å². The molecule has 0 bridgehead atoms. The molecule has 3 heteroatoms. The molecule has 0 spiro atoms. The minimum atomic E-state index is 0.313. The van der Waals surface area contributed by atoms with Gasteiger partial charge in [-0.2, -0.15) is 0 Å². The van der Waals surface area contributed by atoms with Gasteiger partial charge in [0.15, 0.2) is 0 Å². The van der Waals surface area contributed by atoms with Crippen LogP contribution in [0.4, 0.5) is 0 Å². The Morgan fingerprint density at radius 3 is 2.38 bits per heavy atom. The number of rotatable bonds is 3. The third-order valence-corrected chi connectivity index (χ3v) is 2.40. The highest BCUT2D eigenvalue weighted by Gasteiger charge is 2.21. The first-order valence-corrected chi connectivity index (χ1v) is 5.21. The van der Waals surface area contributed by atoms with Crippen molar-refractivity contribution >= 4 is 0 Å². The summed E-state index contributed by atoms with van der Waals surface area (Å²) >= 11 is 0. The van der Waals surface area contributed by atoms with Gasteiger partial charge < -0.3 is 10.5 Å². The van der Waals surface area contributed by atoms with E-state index in [-0.39, 0.29) is 0 Å². The Morgan fingerprint density at radius 1 is 1.38 bits per heavy atom. The molecular weight excluding hydrogens is 164 g/mol. The van der Waals surface area contributed by atoms with Gasteiger partial charge in [-0.05, 0) is 33.7 Å². The average Bonchev–Trinajstić information content (AvgIpc) is 1.99. The summed E-state index contributed by atoms with van der Waals surface area (Å²) < 4.78 is 5.65. The van der Waals surface area contributed by atoms with Crippen molar-refractivity contribution in [3.05, 3.63) is 0 Å². The molecule has 1 aliphatic rings. The number of nitrogens with zero attached hydrogens (tertiary/aromatic N) is 1. The van der Waals surface area contributed by atoms with Crippen LogP contribution in [-0.4, -0.2) is 42.8 Å². The van der Waals surface area contributed by atoms with Crippen LogP contribution < -0.4 is 5.73 Å². The van der Waals surface area contributed by atoms with Crippen molar-refractivity contribution in [3.63, 3.8) is 0 Å². The van der Waals surface area contributed by atoms with Gasteiger partial charge in [0.2, 0.25) is 0 Å².